The lowest BCUT2D eigenvalue weighted by Gasteiger charge is -2.19. The van der Waals surface area contributed by atoms with Gasteiger partial charge in [0.05, 0.1) is 6.61 Å². The molecule has 2 N–H and O–H groups in total. The first-order valence-corrected chi connectivity index (χ1v) is 8.63. The monoisotopic (exact) mass is 335 g/mol. The first kappa shape index (κ1) is 17.2. The second-order valence-corrected chi connectivity index (χ2v) is 6.90. The van der Waals surface area contributed by atoms with Crippen LogP contribution in [0.15, 0.2) is 24.3 Å². The third-order valence-corrected chi connectivity index (χ3v) is 5.10. The van der Waals surface area contributed by atoms with E-state index in [-0.39, 0.29) is 23.3 Å². The first-order chi connectivity index (χ1) is 11.6. The molecule has 1 saturated heterocycles. The van der Waals surface area contributed by atoms with Crippen LogP contribution in [0.1, 0.15) is 24.8 Å². The summed E-state index contributed by atoms with van der Waals surface area (Å²) in [5.41, 5.74) is 0.897. The topological polar surface area (TPSA) is 53.6 Å². The fourth-order valence-electron chi connectivity index (χ4n) is 3.40. The number of ether oxygens (including phenoxy) is 1. The number of benzene rings is 1. The van der Waals surface area contributed by atoms with E-state index in [2.05, 4.69) is 15.5 Å². The lowest BCUT2D eigenvalue weighted by atomic mass is 9.96. The Labute approximate surface area is 142 Å². The molecular formula is C18H26FN3O2. The van der Waals surface area contributed by atoms with E-state index in [1.165, 1.54) is 6.07 Å². The van der Waals surface area contributed by atoms with Gasteiger partial charge in [0.25, 0.3) is 0 Å². The fraction of sp³-hybridized carbons (Fsp3) is 0.611. The third kappa shape index (κ3) is 4.24. The number of nitrogens with one attached hydrogen (secondary N) is 2. The normalized spacial score (nSPS) is 22.3. The molecule has 1 unspecified atom stereocenters. The molecule has 1 aromatic rings. The van der Waals surface area contributed by atoms with E-state index < -0.39 is 0 Å². The van der Waals surface area contributed by atoms with Crippen LogP contribution in [0, 0.1) is 5.82 Å². The van der Waals surface area contributed by atoms with Gasteiger partial charge in [0.2, 0.25) is 0 Å². The predicted molar refractivity (Wildman–Crippen MR) is 90.6 cm³/mol. The van der Waals surface area contributed by atoms with Crippen molar-refractivity contribution in [2.75, 3.05) is 39.9 Å². The molecule has 24 heavy (non-hydrogen) atoms. The molecule has 1 saturated carbocycles. The van der Waals surface area contributed by atoms with E-state index in [1.54, 1.807) is 19.2 Å². The van der Waals surface area contributed by atoms with E-state index in [0.29, 0.717) is 6.54 Å². The molecule has 0 bridgehead atoms. The van der Waals surface area contributed by atoms with Gasteiger partial charge in [-0.15, -0.1) is 0 Å². The maximum absolute atomic E-state index is 13.4. The highest BCUT2D eigenvalue weighted by molar-refractivity contribution is 5.74. The van der Waals surface area contributed by atoms with Gasteiger partial charge >= 0.3 is 6.03 Å². The van der Waals surface area contributed by atoms with Gasteiger partial charge in [-0.25, -0.2) is 9.18 Å². The SMILES string of the molecule is COCCN1CCC(NC(=O)NCC2(c3cccc(F)c3)CC2)C1. The van der Waals surface area contributed by atoms with Crippen LogP contribution in [0.5, 0.6) is 0 Å². The van der Waals surface area contributed by atoms with Crippen molar-refractivity contribution in [2.45, 2.75) is 30.7 Å². The number of carbonyl (C=O) groups is 1. The van der Waals surface area contributed by atoms with E-state index in [4.69, 9.17) is 4.74 Å². The van der Waals surface area contributed by atoms with E-state index in [0.717, 1.165) is 51.1 Å². The molecule has 0 aromatic heterocycles. The number of urea groups is 1. The Bertz CT molecular complexity index is 577. The molecule has 0 radical (unpaired) electrons. The average Bonchev–Trinajstić information content (AvgIpc) is 3.25. The van der Waals surface area contributed by atoms with Crippen LogP contribution in [0.25, 0.3) is 0 Å². The number of carbonyl (C=O) groups excluding carboxylic acids is 1. The van der Waals surface area contributed by atoms with Crippen molar-refractivity contribution in [2.24, 2.45) is 0 Å². The number of rotatable bonds is 7. The number of methoxy groups -OCH3 is 1. The predicted octanol–water partition coefficient (Wildman–Crippen LogP) is 1.88. The summed E-state index contributed by atoms with van der Waals surface area (Å²) in [6.45, 7) is 4.03. The van der Waals surface area contributed by atoms with Crippen molar-refractivity contribution >= 4 is 6.03 Å². The van der Waals surface area contributed by atoms with Crippen molar-refractivity contribution < 1.29 is 13.9 Å². The van der Waals surface area contributed by atoms with Gasteiger partial charge in [0.15, 0.2) is 0 Å². The minimum atomic E-state index is -0.217. The summed E-state index contributed by atoms with van der Waals surface area (Å²) in [5.74, 6) is -0.217. The maximum atomic E-state index is 13.4. The lowest BCUT2D eigenvalue weighted by molar-refractivity contribution is 0.159. The van der Waals surface area contributed by atoms with Crippen molar-refractivity contribution in [3.05, 3.63) is 35.6 Å². The summed E-state index contributed by atoms with van der Waals surface area (Å²) in [6.07, 6.45) is 2.95. The molecule has 0 spiro atoms. The first-order valence-electron chi connectivity index (χ1n) is 8.63. The molecule has 1 aliphatic heterocycles. The Hall–Kier alpha value is -1.66. The van der Waals surface area contributed by atoms with Gasteiger partial charge in [0, 0.05) is 44.7 Å². The summed E-state index contributed by atoms with van der Waals surface area (Å²) in [5, 5.41) is 6.01. The summed E-state index contributed by atoms with van der Waals surface area (Å²) in [6, 6.07) is 6.77. The zero-order chi connectivity index (χ0) is 17.0. The summed E-state index contributed by atoms with van der Waals surface area (Å²) in [4.78, 5) is 14.4. The highest BCUT2D eigenvalue weighted by Gasteiger charge is 2.44. The van der Waals surface area contributed by atoms with Crippen LogP contribution < -0.4 is 10.6 Å². The molecule has 2 aliphatic rings. The molecule has 2 fully saturated rings. The molecular weight excluding hydrogens is 309 g/mol. The van der Waals surface area contributed by atoms with Crippen molar-refractivity contribution in [1.82, 2.24) is 15.5 Å². The molecule has 2 amide bonds. The zero-order valence-electron chi connectivity index (χ0n) is 14.2. The Balaban J connectivity index is 1.43. The van der Waals surface area contributed by atoms with Crippen LogP contribution >= 0.6 is 0 Å². The molecule has 132 valence electrons. The van der Waals surface area contributed by atoms with E-state index >= 15 is 0 Å². The quantitative estimate of drug-likeness (QED) is 0.800. The molecule has 1 atom stereocenters. The van der Waals surface area contributed by atoms with Crippen molar-refractivity contribution in [3.8, 4) is 0 Å². The number of nitrogens with zero attached hydrogens (tertiary/aromatic N) is 1. The standard InChI is InChI=1S/C18H26FN3O2/c1-24-10-9-22-8-5-16(12-22)21-17(23)20-13-18(6-7-18)14-3-2-4-15(19)11-14/h2-4,11,16H,5-10,12-13H2,1H3,(H2,20,21,23). The van der Waals surface area contributed by atoms with Crippen LogP contribution in [0.3, 0.4) is 0 Å². The van der Waals surface area contributed by atoms with Gasteiger partial charge in [-0.3, -0.25) is 4.90 Å². The smallest absolute Gasteiger partial charge is 0.315 e. The second-order valence-electron chi connectivity index (χ2n) is 6.90. The van der Waals surface area contributed by atoms with E-state index in [1.807, 2.05) is 6.07 Å². The second kappa shape index (κ2) is 7.49. The largest absolute Gasteiger partial charge is 0.383 e. The van der Waals surface area contributed by atoms with Gasteiger partial charge in [-0.1, -0.05) is 12.1 Å². The molecule has 5 nitrogen and oxygen atoms in total. The Morgan fingerprint density at radius 3 is 3.00 bits per heavy atom. The lowest BCUT2D eigenvalue weighted by Crippen LogP contribution is -2.45. The van der Waals surface area contributed by atoms with Gasteiger partial charge in [0.1, 0.15) is 5.82 Å². The number of likely N-dealkylation sites (tertiary alicyclic amines) is 1. The van der Waals surface area contributed by atoms with Crippen LogP contribution in [0.2, 0.25) is 0 Å². The Kier molecular flexibility index (Phi) is 5.36. The van der Waals surface area contributed by atoms with Crippen LogP contribution in [-0.4, -0.2) is 56.9 Å². The van der Waals surface area contributed by atoms with Gasteiger partial charge in [-0.2, -0.15) is 0 Å². The molecule has 1 aliphatic carbocycles. The van der Waals surface area contributed by atoms with Crippen LogP contribution in [-0.2, 0) is 10.2 Å². The summed E-state index contributed by atoms with van der Waals surface area (Å²) < 4.78 is 18.5. The number of hydrogen-bond acceptors (Lipinski definition) is 3. The summed E-state index contributed by atoms with van der Waals surface area (Å²) in [7, 11) is 1.70. The Morgan fingerprint density at radius 2 is 2.29 bits per heavy atom. The van der Waals surface area contributed by atoms with Crippen LogP contribution in [0.4, 0.5) is 9.18 Å². The highest BCUT2D eigenvalue weighted by Crippen LogP contribution is 2.47. The van der Waals surface area contributed by atoms with Gasteiger partial charge < -0.3 is 15.4 Å². The zero-order valence-corrected chi connectivity index (χ0v) is 14.2. The Morgan fingerprint density at radius 1 is 1.46 bits per heavy atom. The molecule has 1 aromatic carbocycles. The fourth-order valence-corrected chi connectivity index (χ4v) is 3.40. The highest BCUT2D eigenvalue weighted by atomic mass is 19.1. The number of halogens is 1. The third-order valence-electron chi connectivity index (χ3n) is 5.10. The average molecular weight is 335 g/mol. The molecule has 6 heteroatoms. The molecule has 1 heterocycles. The molecule has 3 rings (SSSR count). The van der Waals surface area contributed by atoms with Gasteiger partial charge in [-0.05, 0) is 37.0 Å². The number of hydrogen-bond donors (Lipinski definition) is 2. The summed E-state index contributed by atoms with van der Waals surface area (Å²) >= 11 is 0. The van der Waals surface area contributed by atoms with Crippen molar-refractivity contribution in [1.29, 1.82) is 0 Å². The number of amides is 2. The minimum Gasteiger partial charge on any atom is -0.383 e. The maximum Gasteiger partial charge on any atom is 0.315 e. The minimum absolute atomic E-state index is 0.0837. The van der Waals surface area contributed by atoms with Crippen molar-refractivity contribution in [3.63, 3.8) is 0 Å². The van der Waals surface area contributed by atoms with E-state index in [9.17, 15) is 9.18 Å².